The molecule has 1 fully saturated rings. The van der Waals surface area contributed by atoms with Gasteiger partial charge in [-0.2, -0.15) is 21.6 Å². The second kappa shape index (κ2) is 7.11. The van der Waals surface area contributed by atoms with Gasteiger partial charge in [0.05, 0.1) is 0 Å². The van der Waals surface area contributed by atoms with E-state index in [9.17, 15) is 21.6 Å². The molecular formula is C19H23F3O4S2. The summed E-state index contributed by atoms with van der Waals surface area (Å²) in [6, 6.07) is 10.5. The van der Waals surface area contributed by atoms with Gasteiger partial charge in [-0.05, 0) is 51.1 Å². The summed E-state index contributed by atoms with van der Waals surface area (Å²) in [4.78, 5) is 0.523. The van der Waals surface area contributed by atoms with E-state index in [0.29, 0.717) is 28.9 Å². The molecule has 0 saturated carbocycles. The molecule has 1 aliphatic heterocycles. The molecule has 0 aliphatic carbocycles. The van der Waals surface area contributed by atoms with Crippen molar-refractivity contribution < 1.29 is 30.0 Å². The minimum absolute atomic E-state index is 0.284. The number of benzene rings is 2. The lowest BCUT2D eigenvalue weighted by molar-refractivity contribution is -0.0496. The molecule has 0 radical (unpaired) electrons. The molecule has 0 unspecified atom stereocenters. The lowest BCUT2D eigenvalue weighted by atomic mass is 10.1. The number of halogens is 3. The van der Waals surface area contributed by atoms with Gasteiger partial charge in [0.15, 0.2) is 0 Å². The molecule has 0 N–H and O–H groups in total. The molecule has 28 heavy (non-hydrogen) atoms. The molecule has 1 saturated heterocycles. The lowest BCUT2D eigenvalue weighted by Gasteiger charge is -2.36. The van der Waals surface area contributed by atoms with Crippen LogP contribution in [-0.2, 0) is 13.7 Å². The Balaban J connectivity index is 2.17. The molecule has 1 heterocycles. The molecule has 0 atom stereocenters. The third-order valence-electron chi connectivity index (χ3n) is 4.36. The van der Waals surface area contributed by atoms with Crippen molar-refractivity contribution in [2.45, 2.75) is 49.6 Å². The van der Waals surface area contributed by atoms with Crippen LogP contribution in [0.2, 0.25) is 0 Å². The Morgan fingerprint density at radius 1 is 0.929 bits per heavy atom. The maximum atomic E-state index is 13.0. The Bertz CT molecular complexity index is 973. The van der Waals surface area contributed by atoms with E-state index in [1.165, 1.54) is 0 Å². The summed E-state index contributed by atoms with van der Waals surface area (Å²) in [5.74, 6) is 1.16. The van der Waals surface area contributed by atoms with Crippen LogP contribution in [0.5, 0.6) is 5.75 Å². The SMILES string of the molecule is CC(C)(C)Oc1ccc(S2(OS(=O)(=O)C(F)(F)F)CCCC2)c2ccccc12. The molecule has 2 aromatic rings. The summed E-state index contributed by atoms with van der Waals surface area (Å²) >= 11 is 0. The van der Waals surface area contributed by atoms with Crippen LogP contribution in [0.3, 0.4) is 0 Å². The van der Waals surface area contributed by atoms with E-state index in [2.05, 4.69) is 0 Å². The van der Waals surface area contributed by atoms with E-state index >= 15 is 0 Å². The normalized spacial score (nSPS) is 18.9. The number of alkyl halides is 3. The zero-order valence-corrected chi connectivity index (χ0v) is 17.5. The fraction of sp³-hybridized carbons (Fsp3) is 0.474. The van der Waals surface area contributed by atoms with Crippen LogP contribution < -0.4 is 4.74 Å². The Kier molecular flexibility index (Phi) is 5.40. The number of ether oxygens (including phenoxy) is 1. The van der Waals surface area contributed by atoms with E-state index in [0.717, 1.165) is 5.39 Å². The van der Waals surface area contributed by atoms with E-state index in [-0.39, 0.29) is 11.5 Å². The first-order valence-electron chi connectivity index (χ1n) is 8.87. The second-order valence-corrected chi connectivity index (χ2v) is 12.5. The summed E-state index contributed by atoms with van der Waals surface area (Å²) in [6.07, 6.45) is 1.24. The summed E-state index contributed by atoms with van der Waals surface area (Å²) in [7, 11) is -8.32. The minimum atomic E-state index is -5.69. The number of hydrogen-bond acceptors (Lipinski definition) is 4. The molecule has 156 valence electrons. The lowest BCUT2D eigenvalue weighted by Crippen LogP contribution is -2.28. The van der Waals surface area contributed by atoms with Gasteiger partial charge in [-0.15, -0.1) is 0 Å². The zero-order valence-electron chi connectivity index (χ0n) is 15.9. The highest BCUT2D eigenvalue weighted by Crippen LogP contribution is 2.65. The highest BCUT2D eigenvalue weighted by atomic mass is 32.3. The predicted molar refractivity (Wildman–Crippen MR) is 105 cm³/mol. The van der Waals surface area contributed by atoms with Gasteiger partial charge in [0.1, 0.15) is 11.4 Å². The van der Waals surface area contributed by atoms with Crippen LogP contribution in [0.1, 0.15) is 33.6 Å². The van der Waals surface area contributed by atoms with Gasteiger partial charge < -0.3 is 4.74 Å². The van der Waals surface area contributed by atoms with E-state index < -0.39 is 31.5 Å². The van der Waals surface area contributed by atoms with Crippen molar-refractivity contribution in [1.29, 1.82) is 0 Å². The van der Waals surface area contributed by atoms with Crippen molar-refractivity contribution in [3.8, 4) is 5.75 Å². The third kappa shape index (κ3) is 4.11. The fourth-order valence-electron chi connectivity index (χ4n) is 3.29. The molecule has 1 aliphatic rings. The van der Waals surface area contributed by atoms with E-state index in [1.807, 2.05) is 32.9 Å². The van der Waals surface area contributed by atoms with Crippen molar-refractivity contribution in [3.05, 3.63) is 36.4 Å². The summed E-state index contributed by atoms with van der Waals surface area (Å²) in [5, 5.41) is 1.39. The van der Waals surface area contributed by atoms with Gasteiger partial charge in [0, 0.05) is 21.8 Å². The van der Waals surface area contributed by atoms with Crippen molar-refractivity contribution >= 4 is 31.2 Å². The number of fused-ring (bicyclic) bond motifs is 1. The van der Waals surface area contributed by atoms with Gasteiger partial charge in [-0.3, -0.25) is 0 Å². The molecule has 0 amide bonds. The van der Waals surface area contributed by atoms with Gasteiger partial charge in [0.2, 0.25) is 0 Å². The van der Waals surface area contributed by atoms with Crippen LogP contribution in [-0.4, -0.2) is 31.0 Å². The van der Waals surface area contributed by atoms with Crippen molar-refractivity contribution in [2.24, 2.45) is 0 Å². The molecule has 2 aromatic carbocycles. The van der Waals surface area contributed by atoms with E-state index in [4.69, 9.17) is 8.37 Å². The Morgan fingerprint density at radius 3 is 2.04 bits per heavy atom. The predicted octanol–water partition coefficient (Wildman–Crippen LogP) is 5.76. The summed E-state index contributed by atoms with van der Waals surface area (Å²) in [5.41, 5.74) is -5.90. The zero-order chi connectivity index (χ0) is 20.8. The standard InChI is InChI=1S/C19H23F3O4S2/c1-18(2,3)25-16-10-11-17(15-9-5-4-8-14(15)16)27(12-6-7-13-27)26-28(23,24)19(20,21)22/h4-5,8-11H,6-7,12-13H2,1-3H3. The highest BCUT2D eigenvalue weighted by molar-refractivity contribution is 8.33. The average Bonchev–Trinajstić information content (AvgIpc) is 3.01. The van der Waals surface area contributed by atoms with Gasteiger partial charge in [-0.25, -0.2) is 3.63 Å². The maximum Gasteiger partial charge on any atom is 0.523 e. The first-order valence-corrected chi connectivity index (χ1v) is 12.2. The number of hydrogen-bond donors (Lipinski definition) is 0. The van der Waals surface area contributed by atoms with Crippen LogP contribution in [0.15, 0.2) is 41.3 Å². The quantitative estimate of drug-likeness (QED) is 0.572. The summed E-state index contributed by atoms with van der Waals surface area (Å²) < 4.78 is 73.7. The number of rotatable bonds is 4. The smallest absolute Gasteiger partial charge is 0.488 e. The molecule has 0 spiro atoms. The van der Waals surface area contributed by atoms with Crippen molar-refractivity contribution in [1.82, 2.24) is 0 Å². The maximum absolute atomic E-state index is 13.0. The Labute approximate surface area is 164 Å². The van der Waals surface area contributed by atoms with E-state index in [1.54, 1.807) is 24.3 Å². The molecule has 0 bridgehead atoms. The molecule has 0 aromatic heterocycles. The van der Waals surface area contributed by atoms with Crippen LogP contribution >= 0.6 is 10.3 Å². The highest BCUT2D eigenvalue weighted by Gasteiger charge is 2.52. The van der Waals surface area contributed by atoms with Crippen molar-refractivity contribution in [3.63, 3.8) is 0 Å². The molecule has 3 rings (SSSR count). The van der Waals surface area contributed by atoms with Gasteiger partial charge in [0.25, 0.3) is 0 Å². The fourth-order valence-corrected chi connectivity index (χ4v) is 8.69. The first-order chi connectivity index (χ1) is 12.8. The van der Waals surface area contributed by atoms with Gasteiger partial charge in [-0.1, -0.05) is 34.6 Å². The topological polar surface area (TPSA) is 52.6 Å². The average molecular weight is 437 g/mol. The van der Waals surface area contributed by atoms with Crippen LogP contribution in [0, 0.1) is 0 Å². The molecule has 9 heteroatoms. The molecule has 4 nitrogen and oxygen atoms in total. The van der Waals surface area contributed by atoms with Gasteiger partial charge >= 0.3 is 15.6 Å². The third-order valence-corrected chi connectivity index (χ3v) is 9.74. The Morgan fingerprint density at radius 2 is 1.50 bits per heavy atom. The largest absolute Gasteiger partial charge is 0.523 e. The van der Waals surface area contributed by atoms with Crippen LogP contribution in [0.25, 0.3) is 10.8 Å². The monoisotopic (exact) mass is 436 g/mol. The summed E-state index contributed by atoms with van der Waals surface area (Å²) in [6.45, 7) is 5.70. The van der Waals surface area contributed by atoms with Crippen LogP contribution in [0.4, 0.5) is 13.2 Å². The Hall–Kier alpha value is -1.45. The molecular weight excluding hydrogens is 413 g/mol. The second-order valence-electron chi connectivity index (χ2n) is 7.72. The van der Waals surface area contributed by atoms with Crippen molar-refractivity contribution in [2.75, 3.05) is 11.5 Å². The first kappa shape index (κ1) is 21.3. The minimum Gasteiger partial charge on any atom is -0.488 e.